The molecule has 5 heteroatoms. The van der Waals surface area contributed by atoms with E-state index < -0.39 is 0 Å². The normalized spacial score (nSPS) is 10.5. The molecule has 0 saturated heterocycles. The van der Waals surface area contributed by atoms with Crippen molar-refractivity contribution in [3.8, 4) is 5.75 Å². The van der Waals surface area contributed by atoms with Crippen LogP contribution in [0.2, 0.25) is 5.02 Å². The molecule has 2 aromatic carbocycles. The quantitative estimate of drug-likeness (QED) is 0.696. The molecule has 0 spiro atoms. The minimum absolute atomic E-state index is 0.000820. The fourth-order valence-corrected chi connectivity index (χ4v) is 2.09. The fraction of sp³-hybridized carbons (Fsp3) is 0.294. The first-order valence-electron chi connectivity index (χ1n) is 7.18. The number of aliphatic hydroxyl groups is 1. The molecule has 0 aliphatic carbocycles. The van der Waals surface area contributed by atoms with Crippen LogP contribution >= 0.6 is 11.6 Å². The number of rotatable bonds is 9. The summed E-state index contributed by atoms with van der Waals surface area (Å²) in [5.74, 6) is 0.844. The van der Waals surface area contributed by atoms with Crippen molar-refractivity contribution >= 4 is 17.3 Å². The second-order valence-electron chi connectivity index (χ2n) is 4.67. The molecule has 0 aliphatic rings. The average Bonchev–Trinajstić information content (AvgIpc) is 2.56. The number of benzene rings is 2. The predicted molar refractivity (Wildman–Crippen MR) is 88.6 cm³/mol. The number of hydrogen-bond acceptors (Lipinski definition) is 4. The molecular weight excluding hydrogens is 302 g/mol. The van der Waals surface area contributed by atoms with Crippen LogP contribution in [0.15, 0.2) is 48.5 Å². The highest BCUT2D eigenvalue weighted by Gasteiger charge is 2.01. The van der Waals surface area contributed by atoms with Crippen molar-refractivity contribution in [2.24, 2.45) is 0 Å². The van der Waals surface area contributed by atoms with Gasteiger partial charge in [-0.05, 0) is 29.8 Å². The Morgan fingerprint density at radius 3 is 2.59 bits per heavy atom. The van der Waals surface area contributed by atoms with Crippen LogP contribution in [0, 0.1) is 0 Å². The highest BCUT2D eigenvalue weighted by atomic mass is 35.5. The van der Waals surface area contributed by atoms with Crippen LogP contribution in [-0.2, 0) is 11.3 Å². The summed E-state index contributed by atoms with van der Waals surface area (Å²) >= 11 is 6.08. The molecule has 22 heavy (non-hydrogen) atoms. The van der Waals surface area contributed by atoms with Gasteiger partial charge in [-0.2, -0.15) is 0 Å². The van der Waals surface area contributed by atoms with Crippen molar-refractivity contribution in [2.45, 2.75) is 6.61 Å². The fourth-order valence-electron chi connectivity index (χ4n) is 1.90. The number of halogens is 1. The summed E-state index contributed by atoms with van der Waals surface area (Å²) in [7, 11) is 0. The third kappa shape index (κ3) is 5.56. The van der Waals surface area contributed by atoms with E-state index >= 15 is 0 Å². The SMILES string of the molecule is OCc1ccc(Cl)c(NCCOCCOc2ccccc2)c1. The summed E-state index contributed by atoms with van der Waals surface area (Å²) in [6.45, 7) is 2.24. The van der Waals surface area contributed by atoms with Crippen LogP contribution in [0.4, 0.5) is 5.69 Å². The van der Waals surface area contributed by atoms with Gasteiger partial charge in [0.15, 0.2) is 0 Å². The molecular formula is C17H20ClNO3. The van der Waals surface area contributed by atoms with Gasteiger partial charge in [0.2, 0.25) is 0 Å². The lowest BCUT2D eigenvalue weighted by Crippen LogP contribution is -2.13. The smallest absolute Gasteiger partial charge is 0.119 e. The Labute approximate surface area is 135 Å². The number of nitrogens with one attached hydrogen (secondary N) is 1. The minimum atomic E-state index is -0.000820. The molecule has 2 rings (SSSR count). The Morgan fingerprint density at radius 2 is 1.82 bits per heavy atom. The van der Waals surface area contributed by atoms with Gasteiger partial charge in [0.05, 0.1) is 30.5 Å². The first-order valence-corrected chi connectivity index (χ1v) is 7.56. The van der Waals surface area contributed by atoms with E-state index in [9.17, 15) is 0 Å². The molecule has 0 aromatic heterocycles. The Morgan fingerprint density at radius 1 is 1.00 bits per heavy atom. The van der Waals surface area contributed by atoms with Gasteiger partial charge in [0.25, 0.3) is 0 Å². The van der Waals surface area contributed by atoms with Crippen molar-refractivity contribution in [1.29, 1.82) is 0 Å². The molecule has 0 unspecified atom stereocenters. The van der Waals surface area contributed by atoms with E-state index in [0.29, 0.717) is 31.4 Å². The summed E-state index contributed by atoms with van der Waals surface area (Å²) in [6.07, 6.45) is 0. The molecule has 4 nitrogen and oxygen atoms in total. The van der Waals surface area contributed by atoms with Crippen molar-refractivity contribution in [1.82, 2.24) is 0 Å². The summed E-state index contributed by atoms with van der Waals surface area (Å²) < 4.78 is 11.0. The number of aliphatic hydroxyl groups excluding tert-OH is 1. The highest BCUT2D eigenvalue weighted by molar-refractivity contribution is 6.33. The average molecular weight is 322 g/mol. The van der Waals surface area contributed by atoms with Crippen molar-refractivity contribution in [3.05, 3.63) is 59.1 Å². The van der Waals surface area contributed by atoms with Gasteiger partial charge in [0.1, 0.15) is 12.4 Å². The van der Waals surface area contributed by atoms with Gasteiger partial charge in [0, 0.05) is 6.54 Å². The van der Waals surface area contributed by atoms with Gasteiger partial charge in [-0.1, -0.05) is 35.9 Å². The number of para-hydroxylation sites is 1. The van der Waals surface area contributed by atoms with Gasteiger partial charge < -0.3 is 19.9 Å². The maximum Gasteiger partial charge on any atom is 0.119 e. The van der Waals surface area contributed by atoms with Crippen LogP contribution in [0.1, 0.15) is 5.56 Å². The number of anilines is 1. The van der Waals surface area contributed by atoms with Crippen molar-refractivity contribution < 1.29 is 14.6 Å². The van der Waals surface area contributed by atoms with E-state index in [0.717, 1.165) is 17.0 Å². The third-order valence-electron chi connectivity index (χ3n) is 3.01. The van der Waals surface area contributed by atoms with Gasteiger partial charge >= 0.3 is 0 Å². The molecule has 2 aromatic rings. The van der Waals surface area contributed by atoms with Crippen LogP contribution < -0.4 is 10.1 Å². The molecule has 0 amide bonds. The second kappa shape index (κ2) is 9.30. The third-order valence-corrected chi connectivity index (χ3v) is 3.34. The number of ether oxygens (including phenoxy) is 2. The van der Waals surface area contributed by atoms with Gasteiger partial charge in [-0.25, -0.2) is 0 Å². The highest BCUT2D eigenvalue weighted by Crippen LogP contribution is 2.22. The Kier molecular flexibility index (Phi) is 7.03. The van der Waals surface area contributed by atoms with Crippen molar-refractivity contribution in [3.63, 3.8) is 0 Å². The Balaban J connectivity index is 1.59. The lowest BCUT2D eigenvalue weighted by Gasteiger charge is -2.10. The minimum Gasteiger partial charge on any atom is -0.491 e. The first kappa shape index (κ1) is 16.6. The van der Waals surface area contributed by atoms with E-state index in [4.69, 9.17) is 26.2 Å². The second-order valence-corrected chi connectivity index (χ2v) is 5.08. The molecule has 0 radical (unpaired) electrons. The molecule has 118 valence electrons. The molecule has 0 bridgehead atoms. The molecule has 0 aliphatic heterocycles. The zero-order valence-electron chi connectivity index (χ0n) is 12.3. The lowest BCUT2D eigenvalue weighted by atomic mass is 10.2. The van der Waals surface area contributed by atoms with E-state index in [-0.39, 0.29) is 6.61 Å². The zero-order chi connectivity index (χ0) is 15.6. The lowest BCUT2D eigenvalue weighted by molar-refractivity contribution is 0.107. The largest absolute Gasteiger partial charge is 0.491 e. The maximum absolute atomic E-state index is 9.11. The molecule has 0 heterocycles. The summed E-state index contributed by atoms with van der Waals surface area (Å²) in [4.78, 5) is 0. The molecule has 0 atom stereocenters. The van der Waals surface area contributed by atoms with Crippen LogP contribution in [0.3, 0.4) is 0 Å². The van der Waals surface area contributed by atoms with Crippen LogP contribution in [0.25, 0.3) is 0 Å². The van der Waals surface area contributed by atoms with E-state index in [1.807, 2.05) is 36.4 Å². The van der Waals surface area contributed by atoms with Crippen LogP contribution in [0.5, 0.6) is 5.75 Å². The van der Waals surface area contributed by atoms with Gasteiger partial charge in [-0.15, -0.1) is 0 Å². The number of hydrogen-bond donors (Lipinski definition) is 2. The van der Waals surface area contributed by atoms with E-state index in [1.54, 1.807) is 12.1 Å². The standard InChI is InChI=1S/C17H20ClNO3/c18-16-7-6-14(13-20)12-17(16)19-8-9-21-10-11-22-15-4-2-1-3-5-15/h1-7,12,19-20H,8-11,13H2. The van der Waals surface area contributed by atoms with Crippen molar-refractivity contribution in [2.75, 3.05) is 31.7 Å². The summed E-state index contributed by atoms with van der Waals surface area (Å²) in [5, 5.41) is 12.9. The summed E-state index contributed by atoms with van der Waals surface area (Å²) in [5.41, 5.74) is 1.63. The zero-order valence-corrected chi connectivity index (χ0v) is 13.1. The maximum atomic E-state index is 9.11. The molecule has 0 saturated carbocycles. The Bertz CT molecular complexity index is 563. The van der Waals surface area contributed by atoms with E-state index in [2.05, 4.69) is 5.32 Å². The molecule has 2 N–H and O–H groups in total. The Hall–Kier alpha value is -1.75. The predicted octanol–water partition coefficient (Wildman–Crippen LogP) is 3.34. The first-order chi connectivity index (χ1) is 10.8. The summed E-state index contributed by atoms with van der Waals surface area (Å²) in [6, 6.07) is 15.0. The molecule has 0 fully saturated rings. The van der Waals surface area contributed by atoms with E-state index in [1.165, 1.54) is 0 Å². The van der Waals surface area contributed by atoms with Crippen LogP contribution in [-0.4, -0.2) is 31.5 Å². The monoisotopic (exact) mass is 321 g/mol. The topological polar surface area (TPSA) is 50.7 Å². The van der Waals surface area contributed by atoms with Gasteiger partial charge in [-0.3, -0.25) is 0 Å².